The van der Waals surface area contributed by atoms with E-state index in [1.807, 2.05) is 7.05 Å². The number of nitrogens with one attached hydrogen (secondary N) is 1. The lowest BCUT2D eigenvalue weighted by Crippen LogP contribution is -2.53. The molecule has 0 bridgehead atoms. The van der Waals surface area contributed by atoms with E-state index in [4.69, 9.17) is 5.73 Å². The molecule has 13 heavy (non-hydrogen) atoms. The number of likely N-dealkylation sites (N-methyl/N-ethyl adjacent to an activating group) is 1. The van der Waals surface area contributed by atoms with Crippen LogP contribution < -0.4 is 11.1 Å². The van der Waals surface area contributed by atoms with Crippen molar-refractivity contribution in [1.82, 2.24) is 10.2 Å². The Morgan fingerprint density at radius 3 is 2.85 bits per heavy atom. The molecule has 4 heteroatoms. The first kappa shape index (κ1) is 10.5. The fraction of sp³-hybridized carbons (Fsp3) is 0.889. The van der Waals surface area contributed by atoms with Gasteiger partial charge in [0.25, 0.3) is 0 Å². The summed E-state index contributed by atoms with van der Waals surface area (Å²) >= 11 is 0. The molecule has 0 radical (unpaired) electrons. The van der Waals surface area contributed by atoms with Gasteiger partial charge in [-0.2, -0.15) is 0 Å². The summed E-state index contributed by atoms with van der Waals surface area (Å²) in [5.74, 6) is 0.0515. The zero-order valence-corrected chi connectivity index (χ0v) is 8.63. The molecule has 0 aromatic heterocycles. The van der Waals surface area contributed by atoms with Crippen molar-refractivity contribution in [2.24, 2.45) is 5.73 Å². The zero-order chi connectivity index (χ0) is 10.1. The molecule has 1 rings (SSSR count). The van der Waals surface area contributed by atoms with Crippen molar-refractivity contribution in [1.29, 1.82) is 0 Å². The van der Waals surface area contributed by atoms with Gasteiger partial charge in [0.05, 0.1) is 0 Å². The minimum Gasteiger partial charge on any atom is -0.355 e. The van der Waals surface area contributed by atoms with Gasteiger partial charge in [0, 0.05) is 18.6 Å². The van der Waals surface area contributed by atoms with E-state index < -0.39 is 0 Å². The fourth-order valence-electron chi connectivity index (χ4n) is 1.65. The van der Waals surface area contributed by atoms with Gasteiger partial charge in [-0.1, -0.05) is 0 Å². The topological polar surface area (TPSA) is 58.4 Å². The van der Waals surface area contributed by atoms with Crippen molar-refractivity contribution < 1.29 is 4.79 Å². The summed E-state index contributed by atoms with van der Waals surface area (Å²) in [7, 11) is 1.96. The Hall–Kier alpha value is -0.610. The minimum atomic E-state index is -0.183. The number of hydrogen-bond donors (Lipinski definition) is 2. The van der Waals surface area contributed by atoms with Crippen LogP contribution in [0.3, 0.4) is 0 Å². The molecule has 1 saturated heterocycles. The third-order valence-electron chi connectivity index (χ3n) is 2.98. The maximum absolute atomic E-state index is 11.5. The van der Waals surface area contributed by atoms with Gasteiger partial charge in [-0.25, -0.2) is 0 Å². The number of nitrogens with zero attached hydrogens (tertiary/aromatic N) is 1. The zero-order valence-electron chi connectivity index (χ0n) is 8.63. The van der Waals surface area contributed by atoms with Gasteiger partial charge in [-0.3, -0.25) is 9.69 Å². The van der Waals surface area contributed by atoms with Crippen LogP contribution in [0.1, 0.15) is 20.3 Å². The van der Waals surface area contributed by atoms with Crippen LogP contribution in [0.2, 0.25) is 0 Å². The van der Waals surface area contributed by atoms with E-state index in [0.717, 1.165) is 13.0 Å². The highest BCUT2D eigenvalue weighted by atomic mass is 16.2. The molecule has 0 aromatic rings. The van der Waals surface area contributed by atoms with Crippen LogP contribution in [0.5, 0.6) is 0 Å². The average molecular weight is 185 g/mol. The second-order valence-corrected chi connectivity index (χ2v) is 4.22. The normalized spacial score (nSPS) is 29.5. The molecule has 1 aliphatic heterocycles. The number of rotatable bonds is 1. The molecule has 1 atom stereocenters. The molecule has 1 heterocycles. The second-order valence-electron chi connectivity index (χ2n) is 4.22. The summed E-state index contributed by atoms with van der Waals surface area (Å²) in [5.41, 5.74) is 5.62. The molecule has 0 saturated carbocycles. The highest BCUT2D eigenvalue weighted by molar-refractivity contribution is 5.82. The molecule has 1 fully saturated rings. The Labute approximate surface area is 79.5 Å². The molecular weight excluding hydrogens is 166 g/mol. The summed E-state index contributed by atoms with van der Waals surface area (Å²) in [6.45, 7) is 5.39. The number of nitrogens with two attached hydrogens (primary N) is 1. The first-order valence-electron chi connectivity index (χ1n) is 4.70. The Bertz CT molecular complexity index is 203. The molecular formula is C9H19N3O. The first-order chi connectivity index (χ1) is 5.99. The van der Waals surface area contributed by atoms with E-state index in [1.54, 1.807) is 0 Å². The van der Waals surface area contributed by atoms with Crippen molar-refractivity contribution in [3.8, 4) is 0 Å². The maximum atomic E-state index is 11.5. The van der Waals surface area contributed by atoms with Crippen molar-refractivity contribution in [3.05, 3.63) is 0 Å². The summed E-state index contributed by atoms with van der Waals surface area (Å²) in [5, 5.41) is 2.87. The summed E-state index contributed by atoms with van der Waals surface area (Å²) in [6, 6.07) is -0.183. The predicted molar refractivity (Wildman–Crippen MR) is 52.3 cm³/mol. The molecule has 1 unspecified atom stereocenters. The largest absolute Gasteiger partial charge is 0.355 e. The van der Waals surface area contributed by atoms with Gasteiger partial charge >= 0.3 is 0 Å². The lowest BCUT2D eigenvalue weighted by atomic mass is 9.98. The average Bonchev–Trinajstić information content (AvgIpc) is 2.12. The van der Waals surface area contributed by atoms with Crippen LogP contribution in [-0.4, -0.2) is 42.5 Å². The Morgan fingerprint density at radius 1 is 1.69 bits per heavy atom. The number of amides is 1. The Balaban J connectivity index is 2.84. The van der Waals surface area contributed by atoms with E-state index >= 15 is 0 Å². The van der Waals surface area contributed by atoms with Crippen molar-refractivity contribution in [3.63, 3.8) is 0 Å². The number of hydrogen-bond acceptors (Lipinski definition) is 3. The third-order valence-corrected chi connectivity index (χ3v) is 2.98. The van der Waals surface area contributed by atoms with E-state index in [2.05, 4.69) is 24.1 Å². The third kappa shape index (κ3) is 2.00. The van der Waals surface area contributed by atoms with Gasteiger partial charge in [0.15, 0.2) is 0 Å². The van der Waals surface area contributed by atoms with E-state index in [0.29, 0.717) is 6.54 Å². The fourth-order valence-corrected chi connectivity index (χ4v) is 1.65. The summed E-state index contributed by atoms with van der Waals surface area (Å²) in [6.07, 6.45) is 0.964. The molecule has 3 N–H and O–H groups in total. The molecule has 76 valence electrons. The number of carbonyl (C=O) groups is 1. The minimum absolute atomic E-state index is 0.0448. The van der Waals surface area contributed by atoms with Gasteiger partial charge in [0.2, 0.25) is 5.91 Å². The maximum Gasteiger partial charge on any atom is 0.238 e. The SMILES string of the molecule is CN1C(CN)C(=O)NCCC1(C)C. The van der Waals surface area contributed by atoms with Gasteiger partial charge in [-0.15, -0.1) is 0 Å². The van der Waals surface area contributed by atoms with Gasteiger partial charge < -0.3 is 11.1 Å². The lowest BCUT2D eigenvalue weighted by molar-refractivity contribution is -0.125. The standard InChI is InChI=1S/C9H19N3O/c1-9(2)4-5-11-8(13)7(6-10)12(9)3/h7H,4-6,10H2,1-3H3,(H,11,13). The summed E-state index contributed by atoms with van der Waals surface area (Å²) < 4.78 is 0. The van der Waals surface area contributed by atoms with Crippen LogP contribution in [0.25, 0.3) is 0 Å². The molecule has 4 nitrogen and oxygen atoms in total. The second kappa shape index (κ2) is 3.64. The van der Waals surface area contributed by atoms with E-state index in [1.165, 1.54) is 0 Å². The van der Waals surface area contributed by atoms with Crippen LogP contribution in [-0.2, 0) is 4.79 Å². The predicted octanol–water partition coefficient (Wildman–Crippen LogP) is -0.456. The van der Waals surface area contributed by atoms with Crippen molar-refractivity contribution in [2.75, 3.05) is 20.1 Å². The van der Waals surface area contributed by atoms with E-state index in [9.17, 15) is 4.79 Å². The molecule has 0 aromatic carbocycles. The summed E-state index contributed by atoms with van der Waals surface area (Å²) in [4.78, 5) is 13.6. The smallest absolute Gasteiger partial charge is 0.238 e. The van der Waals surface area contributed by atoms with Crippen LogP contribution in [0, 0.1) is 0 Å². The van der Waals surface area contributed by atoms with E-state index in [-0.39, 0.29) is 17.5 Å². The first-order valence-corrected chi connectivity index (χ1v) is 4.70. The molecule has 0 aliphatic carbocycles. The van der Waals surface area contributed by atoms with Crippen molar-refractivity contribution in [2.45, 2.75) is 31.8 Å². The van der Waals surface area contributed by atoms with Crippen LogP contribution in [0.4, 0.5) is 0 Å². The highest BCUT2D eigenvalue weighted by Crippen LogP contribution is 2.21. The molecule has 1 aliphatic rings. The monoisotopic (exact) mass is 185 g/mol. The van der Waals surface area contributed by atoms with Crippen molar-refractivity contribution >= 4 is 5.91 Å². The quantitative estimate of drug-likeness (QED) is 0.581. The number of carbonyl (C=O) groups excluding carboxylic acids is 1. The van der Waals surface area contributed by atoms with Crippen LogP contribution in [0.15, 0.2) is 0 Å². The lowest BCUT2D eigenvalue weighted by Gasteiger charge is -2.37. The van der Waals surface area contributed by atoms with Crippen LogP contribution >= 0.6 is 0 Å². The van der Waals surface area contributed by atoms with Gasteiger partial charge in [-0.05, 0) is 27.3 Å². The molecule has 1 amide bonds. The Morgan fingerprint density at radius 2 is 2.31 bits per heavy atom. The highest BCUT2D eigenvalue weighted by Gasteiger charge is 2.35. The van der Waals surface area contributed by atoms with Gasteiger partial charge in [0.1, 0.15) is 6.04 Å². The molecule has 0 spiro atoms. The Kier molecular flexibility index (Phi) is 2.93.